The van der Waals surface area contributed by atoms with Crippen LogP contribution in [0.25, 0.3) is 11.6 Å². The quantitative estimate of drug-likeness (QED) is 0.725. The van der Waals surface area contributed by atoms with E-state index in [9.17, 15) is 0 Å². The van der Waals surface area contributed by atoms with E-state index in [1.165, 1.54) is 5.56 Å². The Morgan fingerprint density at radius 1 is 1.08 bits per heavy atom. The molecule has 0 unspecified atom stereocenters. The molecule has 0 amide bonds. The molecule has 8 heteroatoms. The third-order valence-corrected chi connectivity index (χ3v) is 4.81. The fourth-order valence-corrected chi connectivity index (χ4v) is 3.22. The van der Waals surface area contributed by atoms with Gasteiger partial charge in [0.2, 0.25) is 0 Å². The number of nitrogens with two attached hydrogens (primary N) is 1. The highest BCUT2D eigenvalue weighted by molar-refractivity contribution is 5.49. The first-order valence-corrected chi connectivity index (χ1v) is 8.55. The lowest BCUT2D eigenvalue weighted by molar-refractivity contribution is 0.264. The van der Waals surface area contributed by atoms with Crippen LogP contribution in [-0.4, -0.2) is 38.5 Å². The van der Waals surface area contributed by atoms with Gasteiger partial charge in [-0.15, -0.1) is 10.2 Å². The molecule has 4 rings (SSSR count). The van der Waals surface area contributed by atoms with E-state index in [0.717, 1.165) is 31.7 Å². The van der Waals surface area contributed by atoms with Crippen molar-refractivity contribution in [2.75, 3.05) is 18.0 Å². The zero-order valence-corrected chi connectivity index (χ0v) is 14.2. The van der Waals surface area contributed by atoms with Gasteiger partial charge >= 0.3 is 0 Å². The number of nitrogens with zero attached hydrogens (tertiary/aromatic N) is 5. The molecule has 1 saturated heterocycles. The van der Waals surface area contributed by atoms with E-state index in [2.05, 4.69) is 37.4 Å². The number of aromatic nitrogens is 4. The van der Waals surface area contributed by atoms with Gasteiger partial charge in [-0.25, -0.2) is 0 Å². The molecule has 26 heavy (non-hydrogen) atoms. The van der Waals surface area contributed by atoms with Crippen molar-refractivity contribution < 1.29 is 9.63 Å². The molecule has 0 radical (unpaired) electrons. The average Bonchev–Trinajstić information content (AvgIpc) is 3.19. The van der Waals surface area contributed by atoms with Crippen molar-refractivity contribution in [3.63, 3.8) is 0 Å². The molecule has 0 aliphatic carbocycles. The van der Waals surface area contributed by atoms with Crippen molar-refractivity contribution >= 4 is 5.82 Å². The summed E-state index contributed by atoms with van der Waals surface area (Å²) in [6.45, 7) is 1.36. The van der Waals surface area contributed by atoms with Gasteiger partial charge in [-0.1, -0.05) is 35.5 Å². The largest absolute Gasteiger partial charge is 0.388 e. The molecule has 1 fully saturated rings. The zero-order valence-electron chi connectivity index (χ0n) is 14.2. The monoisotopic (exact) mass is 352 g/mol. The Balaban J connectivity index is 1.45. The van der Waals surface area contributed by atoms with Crippen LogP contribution in [0.15, 0.2) is 47.0 Å². The third-order valence-electron chi connectivity index (χ3n) is 4.81. The van der Waals surface area contributed by atoms with Crippen molar-refractivity contribution in [2.45, 2.75) is 25.0 Å². The van der Waals surface area contributed by atoms with Gasteiger partial charge in [0.05, 0.1) is 0 Å². The van der Waals surface area contributed by atoms with Crippen LogP contribution in [0.2, 0.25) is 0 Å². The number of benzene rings is 1. The van der Waals surface area contributed by atoms with Crippen LogP contribution in [0.4, 0.5) is 5.82 Å². The summed E-state index contributed by atoms with van der Waals surface area (Å²) in [6, 6.07) is 13.9. The summed E-state index contributed by atoms with van der Waals surface area (Å²) < 4.78 is 5.05. The van der Waals surface area contributed by atoms with Gasteiger partial charge in [-0.05, 0) is 30.5 Å². The topological polar surface area (TPSA) is 114 Å². The molecule has 1 aliphatic heterocycles. The summed E-state index contributed by atoms with van der Waals surface area (Å²) in [4.78, 5) is 6.21. The van der Waals surface area contributed by atoms with Crippen LogP contribution in [0.3, 0.4) is 0 Å². The van der Waals surface area contributed by atoms with Crippen molar-refractivity contribution in [2.24, 2.45) is 5.73 Å². The standard InChI is InChI=1S/C18H20N6O2/c19-18(13-4-2-1-3-5-13)8-10-24(11-9-18)16-7-6-14(21-22-16)17-20-15(12-25)23-26-17/h1-7,25H,8-12,19H2. The van der Waals surface area contributed by atoms with Crippen LogP contribution in [0.1, 0.15) is 24.2 Å². The number of hydrogen-bond donors (Lipinski definition) is 2. The molecule has 1 aromatic carbocycles. The maximum absolute atomic E-state index is 9.00. The van der Waals surface area contributed by atoms with Gasteiger partial charge in [-0.2, -0.15) is 4.98 Å². The fraction of sp³-hybridized carbons (Fsp3) is 0.333. The Kier molecular flexibility index (Phi) is 4.36. The van der Waals surface area contributed by atoms with Crippen LogP contribution in [-0.2, 0) is 12.1 Å². The van der Waals surface area contributed by atoms with Gasteiger partial charge < -0.3 is 20.3 Å². The second-order valence-corrected chi connectivity index (χ2v) is 6.46. The molecule has 1 aliphatic rings. The minimum Gasteiger partial charge on any atom is -0.388 e. The second kappa shape index (κ2) is 6.81. The summed E-state index contributed by atoms with van der Waals surface area (Å²) in [5.41, 5.74) is 7.99. The first-order chi connectivity index (χ1) is 12.7. The number of aliphatic hydroxyl groups excluding tert-OH is 1. The number of aliphatic hydroxyl groups is 1. The zero-order chi connectivity index (χ0) is 18.0. The Morgan fingerprint density at radius 3 is 2.46 bits per heavy atom. The number of hydrogen-bond acceptors (Lipinski definition) is 8. The molecule has 0 atom stereocenters. The molecule has 134 valence electrons. The van der Waals surface area contributed by atoms with Gasteiger partial charge in [0.25, 0.3) is 5.89 Å². The van der Waals surface area contributed by atoms with Gasteiger partial charge in [0, 0.05) is 18.6 Å². The van der Waals surface area contributed by atoms with Crippen LogP contribution < -0.4 is 10.6 Å². The third kappa shape index (κ3) is 3.16. The van der Waals surface area contributed by atoms with E-state index in [-0.39, 0.29) is 23.9 Å². The maximum Gasteiger partial charge on any atom is 0.278 e. The highest BCUT2D eigenvalue weighted by Crippen LogP contribution is 2.31. The smallest absolute Gasteiger partial charge is 0.278 e. The lowest BCUT2D eigenvalue weighted by atomic mass is 9.82. The Labute approximate surface area is 150 Å². The van der Waals surface area contributed by atoms with E-state index in [0.29, 0.717) is 5.69 Å². The van der Waals surface area contributed by atoms with Crippen molar-refractivity contribution in [1.29, 1.82) is 0 Å². The SMILES string of the molecule is NC1(c2ccccc2)CCN(c2ccc(-c3nc(CO)no3)nn2)CC1. The van der Waals surface area contributed by atoms with E-state index in [1.807, 2.05) is 24.3 Å². The fourth-order valence-electron chi connectivity index (χ4n) is 3.22. The van der Waals surface area contributed by atoms with Crippen molar-refractivity contribution in [3.05, 3.63) is 53.9 Å². The first kappa shape index (κ1) is 16.6. The summed E-state index contributed by atoms with van der Waals surface area (Å²) in [5, 5.41) is 21.1. The molecular weight excluding hydrogens is 332 g/mol. The molecule has 3 heterocycles. The average molecular weight is 352 g/mol. The van der Waals surface area contributed by atoms with E-state index in [4.69, 9.17) is 15.4 Å². The summed E-state index contributed by atoms with van der Waals surface area (Å²) in [7, 11) is 0. The Hall–Kier alpha value is -2.84. The van der Waals surface area contributed by atoms with Gasteiger partial charge in [0.1, 0.15) is 6.61 Å². The predicted molar refractivity (Wildman–Crippen MR) is 95.0 cm³/mol. The lowest BCUT2D eigenvalue weighted by Crippen LogP contribution is -2.48. The van der Waals surface area contributed by atoms with Gasteiger partial charge in [-0.3, -0.25) is 0 Å². The predicted octanol–water partition coefficient (Wildman–Crippen LogP) is 1.47. The first-order valence-electron chi connectivity index (χ1n) is 8.55. The summed E-state index contributed by atoms with van der Waals surface area (Å²) in [5.74, 6) is 1.27. The van der Waals surface area contributed by atoms with Crippen molar-refractivity contribution in [1.82, 2.24) is 20.3 Å². The Bertz CT molecular complexity index is 857. The molecular formula is C18H20N6O2. The Morgan fingerprint density at radius 2 is 1.85 bits per heavy atom. The van der Waals surface area contributed by atoms with Crippen LogP contribution in [0.5, 0.6) is 0 Å². The minimum absolute atomic E-state index is 0.224. The van der Waals surface area contributed by atoms with E-state index >= 15 is 0 Å². The molecule has 2 aromatic heterocycles. The number of anilines is 1. The molecule has 8 nitrogen and oxygen atoms in total. The second-order valence-electron chi connectivity index (χ2n) is 6.46. The number of piperidine rings is 1. The van der Waals surface area contributed by atoms with Crippen molar-refractivity contribution in [3.8, 4) is 11.6 Å². The normalized spacial score (nSPS) is 16.6. The van der Waals surface area contributed by atoms with Crippen LogP contribution >= 0.6 is 0 Å². The highest BCUT2D eigenvalue weighted by atomic mass is 16.5. The maximum atomic E-state index is 9.00. The minimum atomic E-state index is -0.296. The van der Waals surface area contributed by atoms with E-state index in [1.54, 1.807) is 6.07 Å². The summed E-state index contributed by atoms with van der Waals surface area (Å²) >= 11 is 0. The lowest BCUT2D eigenvalue weighted by Gasteiger charge is -2.40. The van der Waals surface area contributed by atoms with E-state index < -0.39 is 0 Å². The number of rotatable bonds is 4. The molecule has 0 bridgehead atoms. The van der Waals surface area contributed by atoms with Crippen LogP contribution in [0, 0.1) is 0 Å². The molecule has 3 aromatic rings. The molecule has 0 spiro atoms. The molecule has 0 saturated carbocycles. The van der Waals surface area contributed by atoms with Gasteiger partial charge in [0.15, 0.2) is 17.3 Å². The molecule has 3 N–H and O–H groups in total. The highest BCUT2D eigenvalue weighted by Gasteiger charge is 2.32. The summed E-state index contributed by atoms with van der Waals surface area (Å²) in [6.07, 6.45) is 1.70.